The number of carbonyl (C=O) groups is 2. The Labute approximate surface area is 182 Å². The molecule has 0 unspecified atom stereocenters. The molecule has 3 rings (SSSR count). The number of aromatic nitrogens is 1. The van der Waals surface area contributed by atoms with Crippen LogP contribution in [-0.2, 0) is 15.8 Å². The van der Waals surface area contributed by atoms with Crippen LogP contribution in [0.4, 0.5) is 18.9 Å². The van der Waals surface area contributed by atoms with E-state index in [0.29, 0.717) is 0 Å². The van der Waals surface area contributed by atoms with Crippen molar-refractivity contribution in [3.63, 3.8) is 0 Å². The Bertz CT molecular complexity index is 1180. The molecule has 0 aliphatic rings. The van der Waals surface area contributed by atoms with Crippen LogP contribution in [0.5, 0.6) is 0 Å². The van der Waals surface area contributed by atoms with E-state index in [-0.39, 0.29) is 5.69 Å². The molecule has 0 fully saturated rings. The first kappa shape index (κ1) is 22.8. The first-order chi connectivity index (χ1) is 15.1. The molecular formula is C23H21F3N4O2. The quantitative estimate of drug-likeness (QED) is 0.354. The van der Waals surface area contributed by atoms with Gasteiger partial charge in [0.25, 0.3) is 0 Å². The minimum Gasteiger partial charge on any atom is -0.318 e. The number of carbonyl (C=O) groups excluding carboxylic acids is 2. The molecule has 0 saturated carbocycles. The third kappa shape index (κ3) is 5.23. The minimum atomic E-state index is -4.56. The summed E-state index contributed by atoms with van der Waals surface area (Å²) in [7, 11) is 0. The van der Waals surface area contributed by atoms with Crippen molar-refractivity contribution in [1.82, 2.24) is 9.99 Å². The van der Waals surface area contributed by atoms with Crippen LogP contribution in [0.2, 0.25) is 0 Å². The summed E-state index contributed by atoms with van der Waals surface area (Å²) >= 11 is 0. The van der Waals surface area contributed by atoms with Gasteiger partial charge in [-0.1, -0.05) is 23.8 Å². The maximum absolute atomic E-state index is 12.8. The van der Waals surface area contributed by atoms with Gasteiger partial charge in [0.15, 0.2) is 0 Å². The number of hydrazone groups is 1. The zero-order valence-corrected chi connectivity index (χ0v) is 17.6. The number of hydrogen-bond acceptors (Lipinski definition) is 3. The van der Waals surface area contributed by atoms with E-state index in [9.17, 15) is 22.8 Å². The van der Waals surface area contributed by atoms with E-state index < -0.39 is 23.6 Å². The molecule has 2 amide bonds. The van der Waals surface area contributed by atoms with Gasteiger partial charge in [0, 0.05) is 28.3 Å². The van der Waals surface area contributed by atoms with Crippen molar-refractivity contribution < 1.29 is 22.8 Å². The van der Waals surface area contributed by atoms with Gasteiger partial charge >= 0.3 is 18.0 Å². The smallest absolute Gasteiger partial charge is 0.318 e. The van der Waals surface area contributed by atoms with Gasteiger partial charge in [0.2, 0.25) is 0 Å². The fourth-order valence-corrected chi connectivity index (χ4v) is 3.18. The molecular weight excluding hydrogens is 421 g/mol. The topological polar surface area (TPSA) is 75.5 Å². The standard InChI is InChI=1S/C23H21F3N4O2/c1-14-7-9-20(10-8-14)30-15(2)11-17(16(30)3)13-27-29-22(32)21(31)28-19-6-4-5-18(12-19)23(24,25)26/h4-13H,1-3H3,(H,28,31)(H,29,32)/b27-13-. The van der Waals surface area contributed by atoms with Crippen LogP contribution in [0, 0.1) is 20.8 Å². The summed E-state index contributed by atoms with van der Waals surface area (Å²) in [6, 6.07) is 13.9. The highest BCUT2D eigenvalue weighted by atomic mass is 19.4. The predicted molar refractivity (Wildman–Crippen MR) is 116 cm³/mol. The largest absolute Gasteiger partial charge is 0.416 e. The molecule has 1 aromatic heterocycles. The van der Waals surface area contributed by atoms with Gasteiger partial charge in [-0.05, 0) is 57.2 Å². The Kier molecular flexibility index (Phi) is 6.47. The number of halogens is 3. The van der Waals surface area contributed by atoms with E-state index in [4.69, 9.17) is 0 Å². The number of benzene rings is 2. The molecule has 32 heavy (non-hydrogen) atoms. The average Bonchev–Trinajstić information content (AvgIpc) is 3.01. The van der Waals surface area contributed by atoms with Gasteiger partial charge in [-0.2, -0.15) is 18.3 Å². The summed E-state index contributed by atoms with van der Waals surface area (Å²) in [4.78, 5) is 23.9. The Balaban J connectivity index is 1.66. The molecule has 0 radical (unpaired) electrons. The number of rotatable bonds is 4. The minimum absolute atomic E-state index is 0.148. The second-order valence-corrected chi connectivity index (χ2v) is 7.23. The Morgan fingerprint density at radius 2 is 1.66 bits per heavy atom. The zero-order valence-electron chi connectivity index (χ0n) is 17.6. The lowest BCUT2D eigenvalue weighted by Crippen LogP contribution is -2.32. The van der Waals surface area contributed by atoms with Gasteiger partial charge in [-0.3, -0.25) is 9.59 Å². The third-order valence-corrected chi connectivity index (χ3v) is 4.79. The zero-order chi connectivity index (χ0) is 23.5. The van der Waals surface area contributed by atoms with Crippen molar-refractivity contribution in [3.8, 4) is 5.69 Å². The summed E-state index contributed by atoms with van der Waals surface area (Å²) in [5.74, 6) is -2.24. The average molecular weight is 442 g/mol. The molecule has 2 aromatic carbocycles. The van der Waals surface area contributed by atoms with Crippen LogP contribution in [0.1, 0.15) is 28.1 Å². The van der Waals surface area contributed by atoms with E-state index in [1.165, 1.54) is 12.3 Å². The summed E-state index contributed by atoms with van der Waals surface area (Å²) in [5, 5.41) is 5.93. The fourth-order valence-electron chi connectivity index (χ4n) is 3.18. The lowest BCUT2D eigenvalue weighted by molar-refractivity contribution is -0.137. The number of hydrogen-bond donors (Lipinski definition) is 2. The van der Waals surface area contributed by atoms with Gasteiger partial charge in [-0.15, -0.1) is 0 Å². The SMILES string of the molecule is Cc1ccc(-n2c(C)cc(/C=N\NC(=O)C(=O)Nc3cccc(C(F)(F)F)c3)c2C)cc1. The summed E-state index contributed by atoms with van der Waals surface area (Å²) < 4.78 is 40.3. The van der Waals surface area contributed by atoms with Crippen LogP contribution in [0.15, 0.2) is 59.7 Å². The van der Waals surface area contributed by atoms with Crippen LogP contribution in [-0.4, -0.2) is 22.6 Å². The lowest BCUT2D eigenvalue weighted by Gasteiger charge is -2.10. The predicted octanol–water partition coefficient (Wildman–Crippen LogP) is 4.51. The lowest BCUT2D eigenvalue weighted by atomic mass is 10.2. The molecule has 166 valence electrons. The van der Waals surface area contributed by atoms with Gasteiger partial charge in [0.05, 0.1) is 11.8 Å². The van der Waals surface area contributed by atoms with Crippen molar-refractivity contribution >= 4 is 23.7 Å². The molecule has 0 aliphatic heterocycles. The highest BCUT2D eigenvalue weighted by Crippen LogP contribution is 2.30. The van der Waals surface area contributed by atoms with Crippen LogP contribution >= 0.6 is 0 Å². The summed E-state index contributed by atoms with van der Waals surface area (Å²) in [6.45, 7) is 5.84. The van der Waals surface area contributed by atoms with Crippen LogP contribution in [0.3, 0.4) is 0 Å². The maximum Gasteiger partial charge on any atom is 0.416 e. The monoisotopic (exact) mass is 442 g/mol. The first-order valence-electron chi connectivity index (χ1n) is 9.64. The van der Waals surface area contributed by atoms with E-state index in [1.54, 1.807) is 0 Å². The molecule has 0 atom stereocenters. The molecule has 0 bridgehead atoms. The second kappa shape index (κ2) is 9.09. The van der Waals surface area contributed by atoms with Crippen LogP contribution in [0.25, 0.3) is 5.69 Å². The van der Waals surface area contributed by atoms with Crippen molar-refractivity contribution in [2.45, 2.75) is 26.9 Å². The molecule has 1 heterocycles. The Morgan fingerprint density at radius 3 is 2.31 bits per heavy atom. The molecule has 0 saturated heterocycles. The third-order valence-electron chi connectivity index (χ3n) is 4.79. The van der Waals surface area contributed by atoms with Gasteiger partial charge < -0.3 is 9.88 Å². The fraction of sp³-hybridized carbons (Fsp3) is 0.174. The van der Waals surface area contributed by atoms with E-state index >= 15 is 0 Å². The summed E-state index contributed by atoms with van der Waals surface area (Å²) in [6.07, 6.45) is -3.15. The first-order valence-corrected chi connectivity index (χ1v) is 9.64. The van der Waals surface area contributed by atoms with Crippen molar-refractivity contribution in [2.24, 2.45) is 5.10 Å². The van der Waals surface area contributed by atoms with Gasteiger partial charge in [-0.25, -0.2) is 5.43 Å². The highest BCUT2D eigenvalue weighted by molar-refractivity contribution is 6.39. The molecule has 6 nitrogen and oxygen atoms in total. The second-order valence-electron chi connectivity index (χ2n) is 7.23. The number of aryl methyl sites for hydroxylation is 2. The number of anilines is 1. The number of alkyl halides is 3. The molecule has 9 heteroatoms. The maximum atomic E-state index is 12.8. The normalized spacial score (nSPS) is 11.6. The molecule has 3 aromatic rings. The highest BCUT2D eigenvalue weighted by Gasteiger charge is 2.30. The molecule has 2 N–H and O–H groups in total. The number of amides is 2. The van der Waals surface area contributed by atoms with Crippen molar-refractivity contribution in [3.05, 3.63) is 82.7 Å². The van der Waals surface area contributed by atoms with E-state index in [1.807, 2.05) is 55.7 Å². The molecule has 0 spiro atoms. The van der Waals surface area contributed by atoms with Gasteiger partial charge in [0.1, 0.15) is 0 Å². The summed E-state index contributed by atoms with van der Waals surface area (Å²) in [5.41, 5.74) is 5.71. The van der Waals surface area contributed by atoms with Crippen molar-refractivity contribution in [1.29, 1.82) is 0 Å². The van der Waals surface area contributed by atoms with Crippen molar-refractivity contribution in [2.75, 3.05) is 5.32 Å². The van der Waals surface area contributed by atoms with Crippen LogP contribution < -0.4 is 10.7 Å². The van der Waals surface area contributed by atoms with E-state index in [0.717, 1.165) is 46.4 Å². The van der Waals surface area contributed by atoms with E-state index in [2.05, 4.69) is 15.8 Å². The molecule has 0 aliphatic carbocycles. The number of nitrogens with zero attached hydrogens (tertiary/aromatic N) is 2. The Morgan fingerprint density at radius 1 is 0.969 bits per heavy atom. The number of nitrogens with one attached hydrogen (secondary N) is 2. The Hall–Kier alpha value is -3.88.